The molecule has 0 amide bonds. The average Bonchev–Trinajstić information content (AvgIpc) is 2.92. The summed E-state index contributed by atoms with van der Waals surface area (Å²) < 4.78 is 27.6. The van der Waals surface area contributed by atoms with Gasteiger partial charge in [-0.1, -0.05) is 12.1 Å². The van der Waals surface area contributed by atoms with Gasteiger partial charge >= 0.3 is 0 Å². The summed E-state index contributed by atoms with van der Waals surface area (Å²) in [5.74, 6) is 0. The third kappa shape index (κ3) is 4.71. The Morgan fingerprint density at radius 2 is 1.95 bits per heavy atom. The van der Waals surface area contributed by atoms with E-state index in [1.54, 1.807) is 12.1 Å². The summed E-state index contributed by atoms with van der Waals surface area (Å²) >= 11 is 1.83. The van der Waals surface area contributed by atoms with Crippen LogP contribution in [0.4, 0.5) is 0 Å². The van der Waals surface area contributed by atoms with Crippen molar-refractivity contribution in [1.82, 2.24) is 10.0 Å². The molecular formula is C15H24N2O2S2. The van der Waals surface area contributed by atoms with Gasteiger partial charge in [-0.3, -0.25) is 0 Å². The molecule has 2 atom stereocenters. The first-order chi connectivity index (χ1) is 10.0. The molecule has 1 fully saturated rings. The van der Waals surface area contributed by atoms with Gasteiger partial charge in [0.05, 0.1) is 4.90 Å². The van der Waals surface area contributed by atoms with E-state index in [0.29, 0.717) is 10.1 Å². The molecule has 0 aliphatic heterocycles. The number of likely N-dealkylation sites (N-methyl/N-ethyl adjacent to an activating group) is 1. The van der Waals surface area contributed by atoms with Crippen LogP contribution in [0.3, 0.4) is 0 Å². The minimum atomic E-state index is -3.39. The monoisotopic (exact) mass is 328 g/mol. The van der Waals surface area contributed by atoms with Crippen LogP contribution in [0.2, 0.25) is 0 Å². The smallest absolute Gasteiger partial charge is 0.240 e. The number of hydrogen-bond acceptors (Lipinski definition) is 4. The van der Waals surface area contributed by atoms with Gasteiger partial charge < -0.3 is 5.32 Å². The van der Waals surface area contributed by atoms with E-state index in [0.717, 1.165) is 37.8 Å². The van der Waals surface area contributed by atoms with E-state index in [9.17, 15) is 8.42 Å². The van der Waals surface area contributed by atoms with Gasteiger partial charge in [0.1, 0.15) is 0 Å². The van der Waals surface area contributed by atoms with Crippen LogP contribution >= 0.6 is 11.8 Å². The maximum absolute atomic E-state index is 12.4. The lowest BCUT2D eigenvalue weighted by atomic mass is 10.1. The molecule has 0 spiro atoms. The van der Waals surface area contributed by atoms with Gasteiger partial charge in [-0.05, 0) is 63.2 Å². The number of hydrogen-bond donors (Lipinski definition) is 2. The minimum Gasteiger partial charge on any atom is -0.319 e. The van der Waals surface area contributed by atoms with E-state index in [1.807, 2.05) is 30.9 Å². The molecule has 6 heteroatoms. The van der Waals surface area contributed by atoms with Crippen LogP contribution < -0.4 is 10.0 Å². The zero-order chi connectivity index (χ0) is 15.3. The number of nitrogens with one attached hydrogen (secondary N) is 2. The highest BCUT2D eigenvalue weighted by Crippen LogP contribution is 2.29. The number of rotatable bonds is 7. The summed E-state index contributed by atoms with van der Waals surface area (Å²) in [6.07, 6.45) is 5.96. The SMILES string of the molecule is CNCCc1ccc(S(=O)(=O)NC2CCC(SC)C2)cc1. The number of benzene rings is 1. The molecule has 0 heterocycles. The lowest BCUT2D eigenvalue weighted by molar-refractivity contribution is 0.552. The van der Waals surface area contributed by atoms with Gasteiger partial charge in [0.25, 0.3) is 0 Å². The van der Waals surface area contributed by atoms with Crippen LogP contribution in [0.1, 0.15) is 24.8 Å². The summed E-state index contributed by atoms with van der Waals surface area (Å²) in [6.45, 7) is 0.891. The van der Waals surface area contributed by atoms with E-state index in [-0.39, 0.29) is 6.04 Å². The van der Waals surface area contributed by atoms with E-state index < -0.39 is 10.0 Å². The highest BCUT2D eigenvalue weighted by Gasteiger charge is 2.28. The van der Waals surface area contributed by atoms with Crippen molar-refractivity contribution in [3.63, 3.8) is 0 Å². The van der Waals surface area contributed by atoms with Crippen LogP contribution in [-0.4, -0.2) is 39.6 Å². The normalized spacial score (nSPS) is 22.6. The average molecular weight is 329 g/mol. The van der Waals surface area contributed by atoms with Crippen molar-refractivity contribution in [3.8, 4) is 0 Å². The molecule has 4 nitrogen and oxygen atoms in total. The molecule has 118 valence electrons. The maximum Gasteiger partial charge on any atom is 0.240 e. The van der Waals surface area contributed by atoms with Gasteiger partial charge in [-0.15, -0.1) is 0 Å². The van der Waals surface area contributed by atoms with Crippen molar-refractivity contribution < 1.29 is 8.42 Å². The third-order valence-corrected chi connectivity index (χ3v) is 6.57. The lowest BCUT2D eigenvalue weighted by Crippen LogP contribution is -2.33. The first kappa shape index (κ1) is 16.8. The molecule has 0 saturated heterocycles. The lowest BCUT2D eigenvalue weighted by Gasteiger charge is -2.13. The van der Waals surface area contributed by atoms with Crippen LogP contribution in [0.5, 0.6) is 0 Å². The van der Waals surface area contributed by atoms with E-state index >= 15 is 0 Å². The topological polar surface area (TPSA) is 58.2 Å². The molecule has 21 heavy (non-hydrogen) atoms. The van der Waals surface area contributed by atoms with Crippen molar-refractivity contribution in [3.05, 3.63) is 29.8 Å². The molecule has 1 aliphatic rings. The predicted molar refractivity (Wildman–Crippen MR) is 89.3 cm³/mol. The van der Waals surface area contributed by atoms with Crippen molar-refractivity contribution in [2.45, 2.75) is 41.9 Å². The first-order valence-electron chi connectivity index (χ1n) is 7.34. The molecule has 2 N–H and O–H groups in total. The second-order valence-electron chi connectivity index (χ2n) is 5.49. The van der Waals surface area contributed by atoms with Gasteiger partial charge in [0, 0.05) is 11.3 Å². The molecular weight excluding hydrogens is 304 g/mol. The molecule has 1 aliphatic carbocycles. The van der Waals surface area contributed by atoms with Gasteiger partial charge in [0.2, 0.25) is 10.0 Å². The molecule has 0 aromatic heterocycles. The Hall–Kier alpha value is -0.560. The Kier molecular flexibility index (Phi) is 6.10. The maximum atomic E-state index is 12.4. The molecule has 0 radical (unpaired) electrons. The van der Waals surface area contributed by atoms with Crippen LogP contribution in [0.15, 0.2) is 29.2 Å². The van der Waals surface area contributed by atoms with Crippen molar-refractivity contribution in [2.24, 2.45) is 0 Å². The summed E-state index contributed by atoms with van der Waals surface area (Å²) in [6, 6.07) is 7.27. The van der Waals surface area contributed by atoms with E-state index in [4.69, 9.17) is 0 Å². The van der Waals surface area contributed by atoms with E-state index in [1.165, 1.54) is 0 Å². The van der Waals surface area contributed by atoms with Crippen LogP contribution in [0, 0.1) is 0 Å². The highest BCUT2D eigenvalue weighted by molar-refractivity contribution is 7.99. The van der Waals surface area contributed by atoms with Crippen molar-refractivity contribution >= 4 is 21.8 Å². The fourth-order valence-corrected chi connectivity index (χ4v) is 4.73. The van der Waals surface area contributed by atoms with Gasteiger partial charge in [-0.25, -0.2) is 13.1 Å². The zero-order valence-corrected chi connectivity index (χ0v) is 14.3. The Morgan fingerprint density at radius 1 is 1.24 bits per heavy atom. The van der Waals surface area contributed by atoms with Crippen LogP contribution in [0.25, 0.3) is 0 Å². The quantitative estimate of drug-likeness (QED) is 0.804. The summed E-state index contributed by atoms with van der Waals surface area (Å²) in [5, 5.41) is 3.67. The Bertz CT molecular complexity index is 543. The largest absolute Gasteiger partial charge is 0.319 e. The fraction of sp³-hybridized carbons (Fsp3) is 0.600. The standard InChI is InChI=1S/C15H24N2O2S2/c1-16-10-9-12-3-7-15(8-4-12)21(18,19)17-13-5-6-14(11-13)20-2/h3-4,7-8,13-14,16-17H,5-6,9-11H2,1-2H3. The van der Waals surface area contributed by atoms with Gasteiger partial charge in [-0.2, -0.15) is 11.8 Å². The summed E-state index contributed by atoms with van der Waals surface area (Å²) in [7, 11) is -1.48. The van der Waals surface area contributed by atoms with Crippen LogP contribution in [-0.2, 0) is 16.4 Å². The second-order valence-corrected chi connectivity index (χ2v) is 8.34. The van der Waals surface area contributed by atoms with E-state index in [2.05, 4.69) is 16.3 Å². The molecule has 2 unspecified atom stereocenters. The fourth-order valence-electron chi connectivity index (χ4n) is 2.65. The Labute approximate surface area is 132 Å². The molecule has 0 bridgehead atoms. The summed E-state index contributed by atoms with van der Waals surface area (Å²) in [5.41, 5.74) is 1.15. The third-order valence-electron chi connectivity index (χ3n) is 3.94. The number of thioether (sulfide) groups is 1. The molecule has 1 aromatic rings. The summed E-state index contributed by atoms with van der Waals surface area (Å²) in [4.78, 5) is 0.364. The molecule has 2 rings (SSSR count). The zero-order valence-electron chi connectivity index (χ0n) is 12.6. The molecule has 1 saturated carbocycles. The Morgan fingerprint density at radius 3 is 2.52 bits per heavy atom. The predicted octanol–water partition coefficient (Wildman–Crippen LogP) is 2.01. The first-order valence-corrected chi connectivity index (χ1v) is 10.1. The van der Waals surface area contributed by atoms with Crippen molar-refractivity contribution in [1.29, 1.82) is 0 Å². The Balaban J connectivity index is 1.99. The number of sulfonamides is 1. The highest BCUT2D eigenvalue weighted by atomic mass is 32.2. The minimum absolute atomic E-state index is 0.0800. The van der Waals surface area contributed by atoms with Gasteiger partial charge in [0.15, 0.2) is 0 Å². The molecule has 1 aromatic carbocycles. The van der Waals surface area contributed by atoms with Crippen molar-refractivity contribution in [2.75, 3.05) is 19.8 Å². The second kappa shape index (κ2) is 7.63.